The van der Waals surface area contributed by atoms with Gasteiger partial charge in [-0.1, -0.05) is 112 Å². The molecule has 7 aromatic carbocycles. The first-order valence-corrected chi connectivity index (χ1v) is 19.4. The van der Waals surface area contributed by atoms with Crippen molar-refractivity contribution in [3.8, 4) is 28.2 Å². The van der Waals surface area contributed by atoms with Crippen molar-refractivity contribution in [3.05, 3.63) is 169 Å². The zero-order chi connectivity index (χ0) is 36.3. The van der Waals surface area contributed by atoms with Crippen molar-refractivity contribution < 1.29 is 0 Å². The van der Waals surface area contributed by atoms with Crippen LogP contribution in [0.15, 0.2) is 152 Å². The highest BCUT2D eigenvalue weighted by atomic mass is 15.1. The first-order chi connectivity index (χ1) is 26.7. The molecule has 4 heteroatoms. The van der Waals surface area contributed by atoms with Crippen LogP contribution in [0.25, 0.3) is 82.8 Å². The number of aryl methyl sites for hydroxylation is 3. The molecule has 4 nitrogen and oxygen atoms in total. The summed E-state index contributed by atoms with van der Waals surface area (Å²) in [6.07, 6.45) is 3.82. The van der Waals surface area contributed by atoms with Gasteiger partial charge in [-0.2, -0.15) is 0 Å². The molecule has 262 valence electrons. The highest BCUT2D eigenvalue weighted by molar-refractivity contribution is 6.30. The lowest BCUT2D eigenvalue weighted by atomic mass is 9.88. The number of para-hydroxylation sites is 5. The lowest BCUT2D eigenvalue weighted by Crippen LogP contribution is -2.03. The summed E-state index contributed by atoms with van der Waals surface area (Å²) in [5.74, 6) is 1.10. The van der Waals surface area contributed by atoms with Gasteiger partial charge >= 0.3 is 0 Å². The maximum Gasteiger partial charge on any atom is 0.114 e. The standard InChI is InChI=1S/C50H42N4/c1-4-18-45-51-41-25-14-17-28-44(41)52(45)35-29-31-36(32-30-35)54-43-27-16-13-24-40(43)48-49(54)46(38-22-11-10-19-33(38)5-2)37(6-3)47-39-23-12-15-26-42(39)53(50(47)48)34-20-8-7-9-21-34/h7-17,19-32H,4-6,18H2,1-3H3. The lowest BCUT2D eigenvalue weighted by molar-refractivity contribution is 0.818. The van der Waals surface area contributed by atoms with Crippen molar-refractivity contribution >= 4 is 54.6 Å². The Morgan fingerprint density at radius 3 is 1.70 bits per heavy atom. The zero-order valence-corrected chi connectivity index (χ0v) is 31.1. The molecule has 10 rings (SSSR count). The Labute approximate surface area is 315 Å². The van der Waals surface area contributed by atoms with Crippen LogP contribution in [0.1, 0.15) is 44.1 Å². The summed E-state index contributed by atoms with van der Waals surface area (Å²) >= 11 is 0. The highest BCUT2D eigenvalue weighted by Crippen LogP contribution is 2.49. The van der Waals surface area contributed by atoms with Gasteiger partial charge < -0.3 is 9.13 Å². The minimum Gasteiger partial charge on any atom is -0.309 e. The fourth-order valence-corrected chi connectivity index (χ4v) is 9.10. The van der Waals surface area contributed by atoms with E-state index in [1.165, 1.54) is 71.6 Å². The van der Waals surface area contributed by atoms with Crippen LogP contribution in [0.3, 0.4) is 0 Å². The molecule has 0 fully saturated rings. The van der Waals surface area contributed by atoms with Crippen molar-refractivity contribution in [2.45, 2.75) is 46.5 Å². The van der Waals surface area contributed by atoms with E-state index in [9.17, 15) is 0 Å². The molecule has 0 amide bonds. The third kappa shape index (κ3) is 4.72. The lowest BCUT2D eigenvalue weighted by Gasteiger charge is -2.20. The Morgan fingerprint density at radius 2 is 1.02 bits per heavy atom. The molecule has 0 saturated carbocycles. The molecule has 0 atom stereocenters. The second-order valence-electron chi connectivity index (χ2n) is 14.3. The number of rotatable bonds is 8. The van der Waals surface area contributed by atoms with E-state index in [0.29, 0.717) is 0 Å². The van der Waals surface area contributed by atoms with Gasteiger partial charge in [-0.05, 0) is 96.6 Å². The molecule has 3 aromatic heterocycles. The molecule has 0 saturated heterocycles. The van der Waals surface area contributed by atoms with Gasteiger partial charge in [-0.3, -0.25) is 4.57 Å². The minimum absolute atomic E-state index is 0.900. The summed E-state index contributed by atoms with van der Waals surface area (Å²) in [5.41, 5.74) is 16.0. The Morgan fingerprint density at radius 1 is 0.463 bits per heavy atom. The van der Waals surface area contributed by atoms with E-state index in [0.717, 1.165) is 53.9 Å². The van der Waals surface area contributed by atoms with Crippen LogP contribution in [0.4, 0.5) is 0 Å². The van der Waals surface area contributed by atoms with Gasteiger partial charge in [-0.25, -0.2) is 4.98 Å². The van der Waals surface area contributed by atoms with E-state index in [-0.39, 0.29) is 0 Å². The quantitative estimate of drug-likeness (QED) is 0.155. The SMILES string of the molecule is CCCc1nc2ccccc2n1-c1ccc(-n2c3ccccc3c3c2c(-c2ccccc2CC)c(CC)c2c4ccccc4n(-c4ccccc4)c23)cc1. The van der Waals surface area contributed by atoms with Gasteiger partial charge in [0, 0.05) is 50.6 Å². The Hall–Kier alpha value is -6.39. The van der Waals surface area contributed by atoms with Gasteiger partial charge in [0.1, 0.15) is 5.82 Å². The molecular formula is C50H42N4. The molecule has 0 unspecified atom stereocenters. The smallest absolute Gasteiger partial charge is 0.114 e. The molecule has 54 heavy (non-hydrogen) atoms. The van der Waals surface area contributed by atoms with Gasteiger partial charge in [0.25, 0.3) is 0 Å². The maximum atomic E-state index is 5.05. The van der Waals surface area contributed by atoms with E-state index in [4.69, 9.17) is 4.98 Å². The summed E-state index contributed by atoms with van der Waals surface area (Å²) in [6, 6.07) is 55.6. The van der Waals surface area contributed by atoms with Crippen LogP contribution in [-0.4, -0.2) is 18.7 Å². The van der Waals surface area contributed by atoms with E-state index in [1.54, 1.807) is 0 Å². The van der Waals surface area contributed by atoms with Crippen molar-refractivity contribution in [2.75, 3.05) is 0 Å². The van der Waals surface area contributed by atoms with Crippen LogP contribution in [0.5, 0.6) is 0 Å². The second-order valence-corrected chi connectivity index (χ2v) is 14.3. The van der Waals surface area contributed by atoms with Crippen molar-refractivity contribution in [2.24, 2.45) is 0 Å². The van der Waals surface area contributed by atoms with Crippen LogP contribution in [0.2, 0.25) is 0 Å². The van der Waals surface area contributed by atoms with Crippen molar-refractivity contribution in [1.82, 2.24) is 18.7 Å². The van der Waals surface area contributed by atoms with Crippen molar-refractivity contribution in [3.63, 3.8) is 0 Å². The average molecular weight is 699 g/mol. The summed E-state index contributed by atoms with van der Waals surface area (Å²) in [5, 5.41) is 5.18. The van der Waals surface area contributed by atoms with Crippen molar-refractivity contribution in [1.29, 1.82) is 0 Å². The molecular weight excluding hydrogens is 657 g/mol. The van der Waals surface area contributed by atoms with Crippen LogP contribution < -0.4 is 0 Å². The third-order valence-corrected chi connectivity index (χ3v) is 11.3. The van der Waals surface area contributed by atoms with Crippen LogP contribution in [0, 0.1) is 0 Å². The van der Waals surface area contributed by atoms with E-state index >= 15 is 0 Å². The van der Waals surface area contributed by atoms with E-state index in [2.05, 4.69) is 186 Å². The summed E-state index contributed by atoms with van der Waals surface area (Å²) in [7, 11) is 0. The summed E-state index contributed by atoms with van der Waals surface area (Å²) < 4.78 is 7.40. The molecule has 0 aliphatic rings. The molecule has 0 aliphatic heterocycles. The van der Waals surface area contributed by atoms with Crippen LogP contribution in [-0.2, 0) is 19.3 Å². The number of nitrogens with zero attached hydrogens (tertiary/aromatic N) is 4. The number of fused-ring (bicyclic) bond motifs is 8. The fourth-order valence-electron chi connectivity index (χ4n) is 9.10. The Bertz CT molecular complexity index is 3010. The normalized spacial score (nSPS) is 11.9. The van der Waals surface area contributed by atoms with E-state index in [1.807, 2.05) is 0 Å². The Kier molecular flexibility index (Phi) is 7.73. The number of imidazole rings is 1. The monoisotopic (exact) mass is 698 g/mol. The molecule has 0 N–H and O–H groups in total. The number of aromatic nitrogens is 4. The fraction of sp³-hybridized carbons (Fsp3) is 0.140. The first kappa shape index (κ1) is 32.3. The minimum atomic E-state index is 0.900. The highest BCUT2D eigenvalue weighted by Gasteiger charge is 2.28. The molecule has 10 aromatic rings. The predicted molar refractivity (Wildman–Crippen MR) is 228 cm³/mol. The largest absolute Gasteiger partial charge is 0.309 e. The van der Waals surface area contributed by atoms with Gasteiger partial charge in [0.2, 0.25) is 0 Å². The van der Waals surface area contributed by atoms with Gasteiger partial charge in [0.15, 0.2) is 0 Å². The number of benzene rings is 7. The van der Waals surface area contributed by atoms with E-state index < -0.39 is 0 Å². The maximum absolute atomic E-state index is 5.05. The average Bonchev–Trinajstić information content (AvgIpc) is 3.88. The molecule has 0 spiro atoms. The third-order valence-electron chi connectivity index (χ3n) is 11.3. The van der Waals surface area contributed by atoms with Gasteiger partial charge in [0.05, 0.1) is 33.1 Å². The Balaban J connectivity index is 1.38. The summed E-state index contributed by atoms with van der Waals surface area (Å²) in [4.78, 5) is 5.05. The second kappa shape index (κ2) is 12.9. The molecule has 0 radical (unpaired) electrons. The molecule has 3 heterocycles. The zero-order valence-electron chi connectivity index (χ0n) is 31.1. The number of hydrogen-bond donors (Lipinski definition) is 0. The molecule has 0 bridgehead atoms. The van der Waals surface area contributed by atoms with Crippen LogP contribution >= 0.6 is 0 Å². The molecule has 0 aliphatic carbocycles. The first-order valence-electron chi connectivity index (χ1n) is 19.4. The number of hydrogen-bond acceptors (Lipinski definition) is 1. The predicted octanol–water partition coefficient (Wildman–Crippen LogP) is 13.0. The topological polar surface area (TPSA) is 27.7 Å². The van der Waals surface area contributed by atoms with Gasteiger partial charge in [-0.15, -0.1) is 0 Å². The summed E-state index contributed by atoms with van der Waals surface area (Å²) in [6.45, 7) is 6.84.